The quantitative estimate of drug-likeness (QED) is 0.858. The number of Topliss-reactive ketones (excluding diaryl/α,β-unsaturated/α-hetero) is 3. The Hall–Kier alpha value is -2.01. The van der Waals surface area contributed by atoms with Gasteiger partial charge in [0.2, 0.25) is 0 Å². The molecule has 0 aromatic heterocycles. The Labute approximate surface area is 135 Å². The molecule has 0 heterocycles. The molecule has 0 unspecified atom stereocenters. The fraction of sp³-hybridized carbons (Fsp3) is 0.500. The lowest BCUT2D eigenvalue weighted by Gasteiger charge is -2.44. The monoisotopic (exact) mass is 318 g/mol. The third kappa shape index (κ3) is 3.20. The summed E-state index contributed by atoms with van der Waals surface area (Å²) in [6.07, 6.45) is -0.186. The lowest BCUT2D eigenvalue weighted by atomic mass is 9.60. The zero-order valence-electron chi connectivity index (χ0n) is 13.8. The van der Waals surface area contributed by atoms with Gasteiger partial charge in [0.15, 0.2) is 0 Å². The molecule has 1 aromatic rings. The third-order valence-electron chi connectivity index (χ3n) is 4.64. The van der Waals surface area contributed by atoms with E-state index in [2.05, 4.69) is 0 Å². The third-order valence-corrected chi connectivity index (χ3v) is 4.64. The van der Waals surface area contributed by atoms with E-state index in [1.807, 2.05) is 0 Å². The zero-order chi connectivity index (χ0) is 17.4. The van der Waals surface area contributed by atoms with Crippen LogP contribution in [0.15, 0.2) is 24.3 Å². The molecular formula is C18H22O5. The molecule has 5 nitrogen and oxygen atoms in total. The summed E-state index contributed by atoms with van der Waals surface area (Å²) in [5.41, 5.74) is -0.779. The summed E-state index contributed by atoms with van der Waals surface area (Å²) in [5.74, 6) is -2.55. The number of ketones is 3. The molecule has 0 saturated heterocycles. The first-order chi connectivity index (χ1) is 10.7. The second-order valence-electron chi connectivity index (χ2n) is 6.48. The van der Waals surface area contributed by atoms with Crippen molar-refractivity contribution in [2.75, 3.05) is 7.11 Å². The van der Waals surface area contributed by atoms with Gasteiger partial charge in [-0.3, -0.25) is 14.4 Å². The molecule has 23 heavy (non-hydrogen) atoms. The van der Waals surface area contributed by atoms with Crippen molar-refractivity contribution in [3.05, 3.63) is 29.8 Å². The van der Waals surface area contributed by atoms with Crippen LogP contribution in [0, 0.1) is 11.8 Å². The molecule has 0 radical (unpaired) electrons. The van der Waals surface area contributed by atoms with Crippen LogP contribution >= 0.6 is 0 Å². The first kappa shape index (κ1) is 17.3. The van der Waals surface area contributed by atoms with Crippen LogP contribution in [0.25, 0.3) is 0 Å². The summed E-state index contributed by atoms with van der Waals surface area (Å²) >= 11 is 0. The highest BCUT2D eigenvalue weighted by atomic mass is 16.5. The van der Waals surface area contributed by atoms with Crippen LogP contribution in [0.5, 0.6) is 5.75 Å². The van der Waals surface area contributed by atoms with Crippen LogP contribution in [0.3, 0.4) is 0 Å². The van der Waals surface area contributed by atoms with Gasteiger partial charge in [-0.25, -0.2) is 0 Å². The second kappa shape index (κ2) is 6.24. The van der Waals surface area contributed by atoms with Gasteiger partial charge < -0.3 is 9.84 Å². The van der Waals surface area contributed by atoms with Crippen LogP contribution in [0.2, 0.25) is 0 Å². The summed E-state index contributed by atoms with van der Waals surface area (Å²) in [5, 5.41) is 10.6. The van der Waals surface area contributed by atoms with Gasteiger partial charge in [0.05, 0.1) is 24.5 Å². The smallest absolute Gasteiger partial charge is 0.146 e. The van der Waals surface area contributed by atoms with E-state index in [4.69, 9.17) is 4.74 Å². The number of ether oxygens (including phenoxy) is 1. The van der Waals surface area contributed by atoms with Crippen molar-refractivity contribution in [2.45, 2.75) is 38.7 Å². The maximum absolute atomic E-state index is 12.4. The first-order valence-electron chi connectivity index (χ1n) is 7.59. The van der Waals surface area contributed by atoms with E-state index in [0.717, 1.165) is 0 Å². The largest absolute Gasteiger partial charge is 0.497 e. The van der Waals surface area contributed by atoms with Crippen molar-refractivity contribution in [3.63, 3.8) is 0 Å². The van der Waals surface area contributed by atoms with Crippen molar-refractivity contribution in [1.82, 2.24) is 0 Å². The van der Waals surface area contributed by atoms with Crippen LogP contribution in [0.4, 0.5) is 0 Å². The molecule has 0 amide bonds. The second-order valence-corrected chi connectivity index (χ2v) is 6.48. The highest BCUT2D eigenvalue weighted by molar-refractivity contribution is 6.05. The van der Waals surface area contributed by atoms with Gasteiger partial charge in [0.1, 0.15) is 23.1 Å². The Balaban J connectivity index is 2.58. The summed E-state index contributed by atoms with van der Waals surface area (Å²) in [7, 11) is 1.54. The van der Waals surface area contributed by atoms with Gasteiger partial charge in [-0.15, -0.1) is 0 Å². The number of carbonyl (C=O) groups excluding carboxylic acids is 3. The maximum Gasteiger partial charge on any atom is 0.146 e. The van der Waals surface area contributed by atoms with E-state index in [1.165, 1.54) is 20.8 Å². The van der Waals surface area contributed by atoms with Gasteiger partial charge in [0, 0.05) is 12.3 Å². The molecule has 5 heteroatoms. The molecule has 0 aliphatic heterocycles. The molecule has 0 bridgehead atoms. The topological polar surface area (TPSA) is 80.7 Å². The minimum absolute atomic E-state index is 0.186. The molecule has 1 aromatic carbocycles. The summed E-state index contributed by atoms with van der Waals surface area (Å²) in [4.78, 5) is 36.7. The standard InChI is InChI=1S/C18H22O5/c1-10(19)15-14(21)9-18(3,22)17(11(2)20)16(15)12-5-7-13(23-4)8-6-12/h5-8,15-17,22H,9H2,1-4H3/t15-,16-,17-,18-/m0/s1. The SMILES string of the molecule is COc1ccc([C@H]2[C@@H](C(C)=O)C(=O)C[C@](C)(O)[C@H]2C(C)=O)cc1. The average Bonchev–Trinajstić information content (AvgIpc) is 2.44. The summed E-state index contributed by atoms with van der Waals surface area (Å²) in [6.45, 7) is 4.24. The van der Waals surface area contributed by atoms with E-state index in [-0.39, 0.29) is 23.8 Å². The molecule has 0 spiro atoms. The molecule has 4 atom stereocenters. The number of carbonyl (C=O) groups is 3. The molecule has 124 valence electrons. The molecule has 1 aliphatic rings. The van der Waals surface area contributed by atoms with Crippen LogP contribution in [-0.2, 0) is 14.4 Å². The van der Waals surface area contributed by atoms with Crippen molar-refractivity contribution < 1.29 is 24.2 Å². The minimum Gasteiger partial charge on any atom is -0.497 e. The summed E-state index contributed by atoms with van der Waals surface area (Å²) in [6, 6.07) is 6.92. The van der Waals surface area contributed by atoms with E-state index >= 15 is 0 Å². The first-order valence-corrected chi connectivity index (χ1v) is 7.59. The highest BCUT2D eigenvalue weighted by Crippen LogP contribution is 2.46. The van der Waals surface area contributed by atoms with E-state index in [1.54, 1.807) is 31.4 Å². The molecule has 1 N–H and O–H groups in total. The van der Waals surface area contributed by atoms with Crippen molar-refractivity contribution >= 4 is 17.3 Å². The Morgan fingerprint density at radius 2 is 1.74 bits per heavy atom. The fourth-order valence-corrected chi connectivity index (χ4v) is 3.73. The van der Waals surface area contributed by atoms with E-state index in [0.29, 0.717) is 11.3 Å². The van der Waals surface area contributed by atoms with E-state index < -0.39 is 23.4 Å². The Morgan fingerprint density at radius 3 is 2.17 bits per heavy atom. The number of benzene rings is 1. The number of hydrogen-bond acceptors (Lipinski definition) is 5. The Morgan fingerprint density at radius 1 is 1.17 bits per heavy atom. The zero-order valence-corrected chi connectivity index (χ0v) is 13.8. The summed E-state index contributed by atoms with van der Waals surface area (Å²) < 4.78 is 5.12. The lowest BCUT2D eigenvalue weighted by Crippen LogP contribution is -2.53. The van der Waals surface area contributed by atoms with Gasteiger partial charge in [-0.05, 0) is 38.5 Å². The molecule has 1 saturated carbocycles. The molecular weight excluding hydrogens is 296 g/mol. The number of hydrogen-bond donors (Lipinski definition) is 1. The number of aliphatic hydroxyl groups is 1. The predicted molar refractivity (Wildman–Crippen MR) is 84.3 cm³/mol. The average molecular weight is 318 g/mol. The molecule has 1 fully saturated rings. The van der Waals surface area contributed by atoms with Crippen LogP contribution in [-0.4, -0.2) is 35.2 Å². The van der Waals surface area contributed by atoms with Crippen LogP contribution in [0.1, 0.15) is 38.7 Å². The van der Waals surface area contributed by atoms with Crippen LogP contribution < -0.4 is 4.74 Å². The predicted octanol–water partition coefficient (Wildman–Crippen LogP) is 1.91. The normalized spacial score (nSPS) is 30.8. The maximum atomic E-state index is 12.4. The lowest BCUT2D eigenvalue weighted by molar-refractivity contribution is -0.151. The van der Waals surface area contributed by atoms with Gasteiger partial charge in [0.25, 0.3) is 0 Å². The number of methoxy groups -OCH3 is 1. The van der Waals surface area contributed by atoms with Gasteiger partial charge in [-0.2, -0.15) is 0 Å². The number of rotatable bonds is 4. The minimum atomic E-state index is -1.46. The Bertz CT molecular complexity index is 629. The van der Waals surface area contributed by atoms with Crippen molar-refractivity contribution in [3.8, 4) is 5.75 Å². The molecule has 1 aliphatic carbocycles. The van der Waals surface area contributed by atoms with Crippen molar-refractivity contribution in [2.24, 2.45) is 11.8 Å². The highest BCUT2D eigenvalue weighted by Gasteiger charge is 2.53. The Kier molecular flexibility index (Phi) is 4.71. The molecule has 2 rings (SSSR count). The van der Waals surface area contributed by atoms with E-state index in [9.17, 15) is 19.5 Å². The van der Waals surface area contributed by atoms with Crippen molar-refractivity contribution in [1.29, 1.82) is 0 Å². The van der Waals surface area contributed by atoms with Gasteiger partial charge in [-0.1, -0.05) is 12.1 Å². The fourth-order valence-electron chi connectivity index (χ4n) is 3.73. The van der Waals surface area contributed by atoms with Gasteiger partial charge >= 0.3 is 0 Å².